The van der Waals surface area contributed by atoms with Crippen LogP contribution in [0.15, 0.2) is 31.0 Å². The SMILES string of the molecule is CS(=O)(=O)NCCCNC(=O)c1ccnc(-n2cncn2)c1. The van der Waals surface area contributed by atoms with Gasteiger partial charge in [-0.25, -0.2) is 27.8 Å². The molecule has 9 nitrogen and oxygen atoms in total. The molecule has 22 heavy (non-hydrogen) atoms. The van der Waals surface area contributed by atoms with Gasteiger partial charge in [-0.3, -0.25) is 4.79 Å². The Hall–Kier alpha value is -2.33. The van der Waals surface area contributed by atoms with Gasteiger partial charge in [0.15, 0.2) is 5.82 Å². The Morgan fingerprint density at radius 1 is 1.36 bits per heavy atom. The minimum absolute atomic E-state index is 0.261. The Kier molecular flexibility index (Phi) is 5.17. The number of nitrogens with zero attached hydrogens (tertiary/aromatic N) is 4. The predicted molar refractivity (Wildman–Crippen MR) is 79.0 cm³/mol. The number of rotatable bonds is 7. The second-order valence-corrected chi connectivity index (χ2v) is 6.35. The summed E-state index contributed by atoms with van der Waals surface area (Å²) in [6.45, 7) is 0.641. The Labute approximate surface area is 127 Å². The molecule has 2 aromatic heterocycles. The van der Waals surface area contributed by atoms with Crippen molar-refractivity contribution in [1.29, 1.82) is 0 Å². The molecule has 2 N–H and O–H groups in total. The van der Waals surface area contributed by atoms with Crippen LogP contribution in [0.5, 0.6) is 0 Å². The van der Waals surface area contributed by atoms with Crippen LogP contribution in [0.2, 0.25) is 0 Å². The lowest BCUT2D eigenvalue weighted by molar-refractivity contribution is 0.0953. The van der Waals surface area contributed by atoms with E-state index in [4.69, 9.17) is 0 Å². The average molecular weight is 324 g/mol. The van der Waals surface area contributed by atoms with E-state index in [9.17, 15) is 13.2 Å². The third-order valence-corrected chi connectivity index (χ3v) is 3.39. The summed E-state index contributed by atoms with van der Waals surface area (Å²) in [5.41, 5.74) is 0.441. The Balaban J connectivity index is 1.87. The molecule has 1 amide bonds. The lowest BCUT2D eigenvalue weighted by Gasteiger charge is -2.07. The fourth-order valence-corrected chi connectivity index (χ4v) is 2.18. The maximum Gasteiger partial charge on any atom is 0.251 e. The quantitative estimate of drug-likeness (QED) is 0.652. The van der Waals surface area contributed by atoms with Gasteiger partial charge < -0.3 is 5.32 Å². The number of sulfonamides is 1. The van der Waals surface area contributed by atoms with Crippen LogP contribution in [0.25, 0.3) is 5.82 Å². The van der Waals surface area contributed by atoms with Crippen LogP contribution >= 0.6 is 0 Å². The lowest BCUT2D eigenvalue weighted by Crippen LogP contribution is -2.29. The van der Waals surface area contributed by atoms with Crippen molar-refractivity contribution >= 4 is 15.9 Å². The van der Waals surface area contributed by atoms with Crippen LogP contribution in [0.1, 0.15) is 16.8 Å². The van der Waals surface area contributed by atoms with Crippen LogP contribution in [0, 0.1) is 0 Å². The van der Waals surface area contributed by atoms with E-state index in [-0.39, 0.29) is 12.5 Å². The smallest absolute Gasteiger partial charge is 0.251 e. The second kappa shape index (κ2) is 7.09. The first-order chi connectivity index (χ1) is 10.5. The summed E-state index contributed by atoms with van der Waals surface area (Å²) >= 11 is 0. The summed E-state index contributed by atoms with van der Waals surface area (Å²) in [5.74, 6) is 0.229. The van der Waals surface area contributed by atoms with Crippen molar-refractivity contribution in [2.24, 2.45) is 0 Å². The molecule has 2 rings (SSSR count). The molecule has 0 aromatic carbocycles. The highest BCUT2D eigenvalue weighted by atomic mass is 32.2. The monoisotopic (exact) mass is 324 g/mol. The van der Waals surface area contributed by atoms with Crippen molar-refractivity contribution in [2.75, 3.05) is 19.3 Å². The highest BCUT2D eigenvalue weighted by molar-refractivity contribution is 7.88. The fourth-order valence-electron chi connectivity index (χ4n) is 1.66. The van der Waals surface area contributed by atoms with Gasteiger partial charge in [-0.1, -0.05) is 0 Å². The molecule has 0 aliphatic heterocycles. The molecule has 0 saturated heterocycles. The Morgan fingerprint density at radius 3 is 2.86 bits per heavy atom. The summed E-state index contributed by atoms with van der Waals surface area (Å²) in [4.78, 5) is 19.9. The highest BCUT2D eigenvalue weighted by Gasteiger charge is 2.08. The molecule has 2 heterocycles. The molecule has 0 bridgehead atoms. The van der Waals surface area contributed by atoms with Crippen molar-refractivity contribution in [1.82, 2.24) is 29.8 Å². The third-order valence-electron chi connectivity index (χ3n) is 2.66. The van der Waals surface area contributed by atoms with Crippen LogP contribution < -0.4 is 10.0 Å². The van der Waals surface area contributed by atoms with Crippen molar-refractivity contribution in [2.45, 2.75) is 6.42 Å². The van der Waals surface area contributed by atoms with E-state index < -0.39 is 10.0 Å². The van der Waals surface area contributed by atoms with E-state index in [1.165, 1.54) is 23.5 Å². The van der Waals surface area contributed by atoms with Gasteiger partial charge in [0.1, 0.15) is 12.7 Å². The molecule has 0 radical (unpaired) electrons. The number of hydrogen-bond acceptors (Lipinski definition) is 6. The normalized spacial score (nSPS) is 11.3. The van der Waals surface area contributed by atoms with Gasteiger partial charge in [0.2, 0.25) is 10.0 Å². The first kappa shape index (κ1) is 16.0. The molecule has 0 atom stereocenters. The zero-order valence-corrected chi connectivity index (χ0v) is 12.7. The van der Waals surface area contributed by atoms with Gasteiger partial charge in [-0.15, -0.1) is 0 Å². The van der Waals surface area contributed by atoms with Crippen molar-refractivity contribution in [3.05, 3.63) is 36.5 Å². The summed E-state index contributed by atoms with van der Waals surface area (Å²) < 4.78 is 25.6. The molecule has 0 spiro atoms. The van der Waals surface area contributed by atoms with Gasteiger partial charge in [0, 0.05) is 24.8 Å². The van der Waals surface area contributed by atoms with E-state index in [1.807, 2.05) is 0 Å². The van der Waals surface area contributed by atoms with Crippen LogP contribution in [-0.4, -0.2) is 53.4 Å². The van der Waals surface area contributed by atoms with Gasteiger partial charge in [0.05, 0.1) is 6.26 Å². The van der Waals surface area contributed by atoms with E-state index in [1.54, 1.807) is 12.1 Å². The molecule has 10 heteroatoms. The highest BCUT2D eigenvalue weighted by Crippen LogP contribution is 2.05. The predicted octanol–water partition coefficient (Wildman–Crippen LogP) is -0.669. The van der Waals surface area contributed by atoms with Gasteiger partial charge in [-0.05, 0) is 18.6 Å². The topological polar surface area (TPSA) is 119 Å². The lowest BCUT2D eigenvalue weighted by atomic mass is 10.2. The summed E-state index contributed by atoms with van der Waals surface area (Å²) in [6.07, 6.45) is 5.97. The van der Waals surface area contributed by atoms with E-state index in [0.717, 1.165) is 6.26 Å². The molecular weight excluding hydrogens is 308 g/mol. The van der Waals surface area contributed by atoms with Gasteiger partial charge in [-0.2, -0.15) is 5.10 Å². The van der Waals surface area contributed by atoms with E-state index in [2.05, 4.69) is 25.1 Å². The third kappa shape index (κ3) is 4.90. The van der Waals surface area contributed by atoms with Crippen LogP contribution in [0.3, 0.4) is 0 Å². The first-order valence-electron chi connectivity index (χ1n) is 6.49. The van der Waals surface area contributed by atoms with Crippen molar-refractivity contribution < 1.29 is 13.2 Å². The summed E-state index contributed by atoms with van der Waals surface area (Å²) in [7, 11) is -3.19. The minimum Gasteiger partial charge on any atom is -0.352 e. The maximum absolute atomic E-state index is 12.0. The minimum atomic E-state index is -3.19. The second-order valence-electron chi connectivity index (χ2n) is 4.52. The molecule has 0 fully saturated rings. The number of carbonyl (C=O) groups is 1. The first-order valence-corrected chi connectivity index (χ1v) is 8.39. The van der Waals surface area contributed by atoms with E-state index in [0.29, 0.717) is 24.3 Å². The van der Waals surface area contributed by atoms with Gasteiger partial charge in [0.25, 0.3) is 5.91 Å². The Morgan fingerprint density at radius 2 is 2.18 bits per heavy atom. The molecule has 0 saturated carbocycles. The Bertz CT molecular complexity index is 729. The summed E-state index contributed by atoms with van der Waals surface area (Å²) in [6, 6.07) is 3.18. The standard InChI is InChI=1S/C12H16N6O3S/c1-22(20,21)17-5-2-4-15-12(19)10-3-6-14-11(7-10)18-9-13-8-16-18/h3,6-9,17H,2,4-5H2,1H3,(H,15,19). The van der Waals surface area contributed by atoms with Gasteiger partial charge >= 0.3 is 0 Å². The number of carbonyl (C=O) groups excluding carboxylic acids is 1. The van der Waals surface area contributed by atoms with Crippen LogP contribution in [-0.2, 0) is 10.0 Å². The zero-order chi connectivity index (χ0) is 16.0. The number of pyridine rings is 1. The largest absolute Gasteiger partial charge is 0.352 e. The molecular formula is C12H16N6O3S. The zero-order valence-electron chi connectivity index (χ0n) is 11.9. The van der Waals surface area contributed by atoms with E-state index >= 15 is 0 Å². The van der Waals surface area contributed by atoms with Crippen LogP contribution in [0.4, 0.5) is 0 Å². The summed E-state index contributed by atoms with van der Waals surface area (Å²) in [5, 5.41) is 6.65. The maximum atomic E-state index is 12.0. The number of hydrogen-bond donors (Lipinski definition) is 2. The fraction of sp³-hybridized carbons (Fsp3) is 0.333. The molecule has 0 unspecified atom stereocenters. The molecule has 0 aliphatic rings. The molecule has 2 aromatic rings. The average Bonchev–Trinajstić information content (AvgIpc) is 3.00. The molecule has 118 valence electrons. The number of amides is 1. The number of aromatic nitrogens is 4. The molecule has 0 aliphatic carbocycles. The van der Waals surface area contributed by atoms with Crippen molar-refractivity contribution in [3.63, 3.8) is 0 Å². The number of nitrogens with one attached hydrogen (secondary N) is 2. The van der Waals surface area contributed by atoms with Crippen molar-refractivity contribution in [3.8, 4) is 5.82 Å².